The van der Waals surface area contributed by atoms with Crippen molar-refractivity contribution >= 4 is 0 Å². The topological polar surface area (TPSA) is 26.0 Å². The third kappa shape index (κ3) is 9510. The fourth-order valence-corrected chi connectivity index (χ4v) is 0. The standard InChI is InChI=1S/C4H11N/c1-4(2,3)5/h5H2,1-3H3/i1D3,2D3,3D3/hD2. The highest BCUT2D eigenvalue weighted by molar-refractivity contribution is 4.60. The van der Waals surface area contributed by atoms with Gasteiger partial charge in [-0.2, -0.15) is 0 Å². The first-order valence-corrected chi connectivity index (χ1v) is 0.974. The van der Waals surface area contributed by atoms with Crippen molar-refractivity contribution in [3.8, 4) is 0 Å². The van der Waals surface area contributed by atoms with Crippen LogP contribution in [0.25, 0.3) is 0 Å². The van der Waals surface area contributed by atoms with Gasteiger partial charge in [-0.25, -0.2) is 0 Å². The van der Waals surface area contributed by atoms with Gasteiger partial charge < -0.3 is 5.72 Å². The zero-order chi connectivity index (χ0) is 13.6. The van der Waals surface area contributed by atoms with Crippen LogP contribution in [0.2, 0.25) is 2.82 Å². The Morgan fingerprint density at radius 2 is 2.40 bits per heavy atom. The lowest BCUT2D eigenvalue weighted by molar-refractivity contribution is 0.580. The number of nitrogens with two attached hydrogens (primary N) is 1. The molecule has 0 fully saturated rings. The Balaban J connectivity index is 6.05. The van der Waals surface area contributed by atoms with Gasteiger partial charge in [0.25, 0.3) is 0 Å². The maximum atomic E-state index is 7.01. The van der Waals surface area contributed by atoms with Crippen molar-refractivity contribution in [3.63, 3.8) is 0 Å². The van der Waals surface area contributed by atoms with Gasteiger partial charge in [-0.05, 0) is 20.6 Å². The summed E-state index contributed by atoms with van der Waals surface area (Å²) in [6.07, 6.45) is 0. The Morgan fingerprint density at radius 1 is 1.80 bits per heavy atom. The van der Waals surface area contributed by atoms with Crippen LogP contribution in [0.15, 0.2) is 0 Å². The zero-order valence-corrected chi connectivity index (χ0v) is 2.45. The summed E-state index contributed by atoms with van der Waals surface area (Å²) in [4.78, 5) is 0. The van der Waals surface area contributed by atoms with E-state index in [-0.39, 0.29) is 0 Å². The van der Waals surface area contributed by atoms with E-state index < -0.39 is 31.8 Å². The van der Waals surface area contributed by atoms with Gasteiger partial charge in [0, 0.05) is 17.9 Å². The van der Waals surface area contributed by atoms with Crippen molar-refractivity contribution in [3.05, 3.63) is 0 Å². The quantitative estimate of drug-likeness (QED) is 0.460. The maximum absolute atomic E-state index is 7.01. The van der Waals surface area contributed by atoms with E-state index in [2.05, 4.69) is 0 Å². The molecule has 1 nitrogen and oxygen atoms in total. The molecule has 0 aromatic heterocycles. The van der Waals surface area contributed by atoms with Crippen LogP contribution in [0.3, 0.4) is 0 Å². The summed E-state index contributed by atoms with van der Waals surface area (Å²) in [5.74, 6) is 0. The smallest absolute Gasteiger partial charge is 0.119 e. The first-order chi connectivity index (χ1) is 6.69. The summed E-state index contributed by atoms with van der Waals surface area (Å²) in [6.45, 7) is -10.6. The lowest BCUT2D eigenvalue weighted by Crippen LogP contribution is -2.26. The second-order valence-electron chi connectivity index (χ2n) is 0.710. The van der Waals surface area contributed by atoms with Crippen LogP contribution in [0, 0.1) is 0 Å². The van der Waals surface area contributed by atoms with Gasteiger partial charge >= 0.3 is 0 Å². The molecule has 0 aromatic rings. The minimum absolute atomic E-state index is 0.750. The Morgan fingerprint density at radius 3 is 2.40 bits per heavy atom. The summed E-state index contributed by atoms with van der Waals surface area (Å²) < 4.78 is 76.8. The predicted octanol–water partition coefficient (Wildman–Crippen LogP) is 0.744. The van der Waals surface area contributed by atoms with Crippen molar-refractivity contribution in [2.45, 2.75) is 26.1 Å². The van der Waals surface area contributed by atoms with Gasteiger partial charge in [0.1, 0.15) is 2.82 Å². The van der Waals surface area contributed by atoms with E-state index in [1.165, 1.54) is 0 Å². The average molecular weight is 84.2 g/mol. The van der Waals surface area contributed by atoms with Crippen molar-refractivity contribution in [2.75, 3.05) is 0 Å². The highest BCUT2D eigenvalue weighted by Gasteiger charge is 1.95. The highest BCUT2D eigenvalue weighted by Crippen LogP contribution is 1.88. The molecule has 0 atom stereocenters. The first kappa shape index (κ1) is 0.348. The molecule has 0 spiro atoms. The van der Waals surface area contributed by atoms with Crippen molar-refractivity contribution in [2.24, 2.45) is 5.72 Å². The molecule has 0 bridgehead atoms. The minimum Gasteiger partial charge on any atom is -0.326 e. The van der Waals surface area contributed by atoms with E-state index in [9.17, 15) is 0 Å². The van der Waals surface area contributed by atoms with Gasteiger partial charge in [-0.15, -0.1) is 0 Å². The molecule has 0 aliphatic carbocycles. The molecule has 0 saturated heterocycles. The van der Waals surface area contributed by atoms with E-state index in [0.717, 1.165) is 0 Å². The summed E-state index contributed by atoms with van der Waals surface area (Å²) in [6, 6.07) is 0. The predicted molar refractivity (Wildman–Crippen MR) is 23.9 cm³/mol. The molecular weight excluding hydrogens is 62.1 g/mol. The zero-order valence-electron chi connectivity index (χ0n) is 13.4. The molecule has 2 N–H and O–H groups in total. The van der Waals surface area contributed by atoms with Gasteiger partial charge in [-0.1, -0.05) is 0 Å². The molecule has 0 aliphatic heterocycles. The molecule has 32 valence electrons. The van der Waals surface area contributed by atoms with Gasteiger partial charge in [-0.3, -0.25) is 0 Å². The monoisotopic (exact) mass is 84.2 g/mol. The first-order valence-electron chi connectivity index (χ1n) is 6.37. The molecule has 0 radical (unpaired) electrons. The van der Waals surface area contributed by atoms with Crippen molar-refractivity contribution < 1.29 is 15.2 Å². The van der Waals surface area contributed by atoms with Crippen LogP contribution < -0.4 is 5.72 Å². The van der Waals surface area contributed by atoms with Gasteiger partial charge in [0.15, 0.2) is 0 Å². The summed E-state index contributed by atoms with van der Waals surface area (Å²) in [7, 11) is 0. The van der Waals surface area contributed by atoms with Crippen LogP contribution in [0.5, 0.6) is 0 Å². The number of hydrogen-bond donors (Lipinski definition) is 1. The molecule has 5 heavy (non-hydrogen) atoms. The van der Waals surface area contributed by atoms with Crippen LogP contribution in [-0.4, -0.2) is 5.54 Å². The van der Waals surface area contributed by atoms with Crippen LogP contribution in [-0.2, 0) is 0 Å². The largest absolute Gasteiger partial charge is 0.326 e. The van der Waals surface area contributed by atoms with E-state index in [0.29, 0.717) is 0 Å². The summed E-state index contributed by atoms with van der Waals surface area (Å²) in [5, 5.41) is 0. The van der Waals surface area contributed by atoms with Crippen molar-refractivity contribution in [1.29, 1.82) is 0 Å². The third-order valence-electron chi connectivity index (χ3n) is 0. The molecule has 1 heteroatoms. The Bertz CT molecular complexity index is 206. The van der Waals surface area contributed by atoms with Gasteiger partial charge in [0.2, 0.25) is 0 Å². The number of rotatable bonds is 0. The molecular formula is C4H11N. The minimum atomic E-state index is -3.52. The lowest BCUT2D eigenvalue weighted by Gasteiger charge is -2.06. The lowest BCUT2D eigenvalue weighted by atomic mass is 10.1. The van der Waals surface area contributed by atoms with Crippen LogP contribution in [0.4, 0.5) is 0 Å². The maximum Gasteiger partial charge on any atom is 0.119 e. The fraction of sp³-hybridized carbons (Fsp3) is 1.00. The van der Waals surface area contributed by atoms with E-state index in [1.807, 2.05) is 0 Å². The molecule has 0 heterocycles. The molecule has 0 aliphatic rings. The summed E-state index contributed by atoms with van der Waals surface area (Å²) >= 11 is 0. The molecule has 0 unspecified atom stereocenters. The number of hydrogen-bond acceptors (Lipinski definition) is 1. The second-order valence-corrected chi connectivity index (χ2v) is 0.710. The molecule has 0 aromatic carbocycles. The van der Waals surface area contributed by atoms with Gasteiger partial charge in [0.05, 0.1) is 0 Å². The highest BCUT2D eigenvalue weighted by atomic mass is 14.7. The average Bonchev–Trinajstić information content (AvgIpc) is 1.71. The van der Waals surface area contributed by atoms with E-state index >= 15 is 0 Å². The van der Waals surface area contributed by atoms with Crippen LogP contribution >= 0.6 is 0 Å². The second kappa shape index (κ2) is 0.977. The van der Waals surface area contributed by atoms with E-state index in [4.69, 9.17) is 15.2 Å². The summed E-state index contributed by atoms with van der Waals surface area (Å²) in [5.41, 5.74) is -4.27. The van der Waals surface area contributed by atoms with Crippen molar-refractivity contribution in [1.82, 2.24) is 0 Å². The Kier molecular flexibility index (Phi) is 0.0679. The van der Waals surface area contributed by atoms with Crippen LogP contribution in [0.1, 0.15) is 32.9 Å². The third-order valence-corrected chi connectivity index (χ3v) is 0. The van der Waals surface area contributed by atoms with E-state index in [1.54, 1.807) is 0 Å². The Hall–Kier alpha value is -0.0400. The SMILES string of the molecule is [2H]N([2H])C(C([2H])([2H])[2H])(C([2H])([2H])[2H])C([2H])([2H])[2H]. The fourth-order valence-electron chi connectivity index (χ4n) is 0. The molecule has 0 amide bonds. The Labute approximate surface area is 48.7 Å². The molecule has 0 saturated carbocycles. The normalized spacial score (nSPS) is 52.6. The molecule has 0 rings (SSSR count).